The van der Waals surface area contributed by atoms with E-state index in [2.05, 4.69) is 62.0 Å². The fourth-order valence-corrected chi connectivity index (χ4v) is 4.19. The minimum absolute atomic E-state index is 0.601. The molecule has 1 saturated carbocycles. The van der Waals surface area contributed by atoms with Crippen LogP contribution in [0.1, 0.15) is 62.5 Å². The molecule has 1 fully saturated rings. The number of ether oxygens (including phenoxy) is 1. The summed E-state index contributed by atoms with van der Waals surface area (Å²) in [5.74, 6) is 1.74. The lowest BCUT2D eigenvalue weighted by atomic mass is 9.77. The van der Waals surface area contributed by atoms with Crippen LogP contribution in [0.2, 0.25) is 0 Å². The first-order valence-electron chi connectivity index (χ1n) is 10.2. The fourth-order valence-electron chi connectivity index (χ4n) is 4.19. The monoisotopic (exact) mass is 348 g/mol. The molecule has 0 amide bonds. The van der Waals surface area contributed by atoms with E-state index in [4.69, 9.17) is 4.74 Å². The van der Waals surface area contributed by atoms with Gasteiger partial charge in [0.1, 0.15) is 0 Å². The van der Waals surface area contributed by atoms with Crippen molar-refractivity contribution < 1.29 is 4.74 Å². The van der Waals surface area contributed by atoms with Crippen molar-refractivity contribution >= 4 is 0 Å². The van der Waals surface area contributed by atoms with Crippen molar-refractivity contribution in [3.8, 4) is 11.1 Å². The molecule has 1 nitrogen and oxygen atoms in total. The van der Waals surface area contributed by atoms with Crippen molar-refractivity contribution in [1.29, 1.82) is 0 Å². The summed E-state index contributed by atoms with van der Waals surface area (Å²) >= 11 is 0. The van der Waals surface area contributed by atoms with Crippen LogP contribution >= 0.6 is 0 Å². The molecule has 0 saturated heterocycles. The van der Waals surface area contributed by atoms with Crippen LogP contribution in [0.3, 0.4) is 0 Å². The Morgan fingerprint density at radius 3 is 2.12 bits per heavy atom. The Bertz CT molecular complexity index is 660. The molecule has 1 heteroatoms. The molecule has 2 aromatic carbocycles. The number of rotatable bonds is 8. The van der Waals surface area contributed by atoms with Gasteiger partial charge in [-0.3, -0.25) is 0 Å². The average molecular weight is 349 g/mol. The van der Waals surface area contributed by atoms with Gasteiger partial charge in [0.2, 0.25) is 0 Å². The zero-order valence-corrected chi connectivity index (χ0v) is 16.1. The van der Waals surface area contributed by atoms with Gasteiger partial charge < -0.3 is 4.74 Å². The molecule has 0 bridgehead atoms. The van der Waals surface area contributed by atoms with Gasteiger partial charge in [-0.05, 0) is 59.8 Å². The molecule has 1 aliphatic carbocycles. The Morgan fingerprint density at radius 2 is 1.54 bits per heavy atom. The van der Waals surface area contributed by atoms with Crippen LogP contribution in [0, 0.1) is 5.92 Å². The second-order valence-corrected chi connectivity index (χ2v) is 7.63. The predicted molar refractivity (Wildman–Crippen MR) is 111 cm³/mol. The standard InChI is InChI=1S/C25H32O/c1-3-5-20-6-10-22(11-7-20)24-14-16-25(17-15-24)23-12-8-21(9-13-23)19-26-18-4-2/h4,8-9,12-17,20,22H,2-3,5-7,10-11,18-19H2,1H3. The average Bonchev–Trinajstić information content (AvgIpc) is 2.70. The highest BCUT2D eigenvalue weighted by Gasteiger charge is 2.21. The summed E-state index contributed by atoms with van der Waals surface area (Å²) in [4.78, 5) is 0. The smallest absolute Gasteiger partial charge is 0.0721 e. The molecule has 0 aromatic heterocycles. The highest BCUT2D eigenvalue weighted by atomic mass is 16.5. The molecule has 2 aromatic rings. The van der Waals surface area contributed by atoms with Crippen molar-refractivity contribution in [1.82, 2.24) is 0 Å². The first-order valence-corrected chi connectivity index (χ1v) is 10.2. The summed E-state index contributed by atoms with van der Waals surface area (Å²) in [5.41, 5.74) is 5.30. The second kappa shape index (κ2) is 9.73. The van der Waals surface area contributed by atoms with E-state index in [-0.39, 0.29) is 0 Å². The van der Waals surface area contributed by atoms with Crippen LogP contribution in [0.5, 0.6) is 0 Å². The van der Waals surface area contributed by atoms with Crippen LogP contribution in [0.15, 0.2) is 61.2 Å². The van der Waals surface area contributed by atoms with Gasteiger partial charge in [0, 0.05) is 0 Å². The molecule has 1 aliphatic rings. The van der Waals surface area contributed by atoms with Gasteiger partial charge in [-0.25, -0.2) is 0 Å². The maximum Gasteiger partial charge on any atom is 0.0721 e. The minimum Gasteiger partial charge on any atom is -0.373 e. The van der Waals surface area contributed by atoms with Crippen molar-refractivity contribution in [2.75, 3.05) is 6.61 Å². The maximum atomic E-state index is 5.50. The van der Waals surface area contributed by atoms with Gasteiger partial charge in [0.05, 0.1) is 13.2 Å². The third-order valence-corrected chi connectivity index (χ3v) is 5.72. The van der Waals surface area contributed by atoms with Gasteiger partial charge in [-0.2, -0.15) is 0 Å². The Morgan fingerprint density at radius 1 is 0.923 bits per heavy atom. The van der Waals surface area contributed by atoms with Crippen LogP contribution in [-0.2, 0) is 11.3 Å². The fraction of sp³-hybridized carbons (Fsp3) is 0.440. The zero-order valence-electron chi connectivity index (χ0n) is 16.1. The first-order chi connectivity index (χ1) is 12.8. The Labute approximate surface area is 159 Å². The van der Waals surface area contributed by atoms with E-state index in [0.29, 0.717) is 13.2 Å². The lowest BCUT2D eigenvalue weighted by Crippen LogP contribution is -2.13. The van der Waals surface area contributed by atoms with Gasteiger partial charge >= 0.3 is 0 Å². The van der Waals surface area contributed by atoms with E-state index >= 15 is 0 Å². The summed E-state index contributed by atoms with van der Waals surface area (Å²) in [6, 6.07) is 18.0. The SMILES string of the molecule is C=CCOCc1ccc(-c2ccc(C3CCC(CCC)CC3)cc2)cc1. The number of hydrogen-bond donors (Lipinski definition) is 0. The second-order valence-electron chi connectivity index (χ2n) is 7.63. The van der Waals surface area contributed by atoms with E-state index in [0.717, 1.165) is 11.8 Å². The third kappa shape index (κ3) is 5.08. The molecule has 0 unspecified atom stereocenters. The lowest BCUT2D eigenvalue weighted by molar-refractivity contribution is 0.149. The number of benzene rings is 2. The summed E-state index contributed by atoms with van der Waals surface area (Å²) in [7, 11) is 0. The normalized spacial score (nSPS) is 20.0. The molecule has 0 atom stereocenters. The molecule has 0 radical (unpaired) electrons. The van der Waals surface area contributed by atoms with Crippen LogP contribution < -0.4 is 0 Å². The summed E-state index contributed by atoms with van der Waals surface area (Å²) < 4.78 is 5.50. The van der Waals surface area contributed by atoms with E-state index in [1.165, 1.54) is 60.8 Å². The van der Waals surface area contributed by atoms with E-state index in [1.807, 2.05) is 0 Å². The van der Waals surface area contributed by atoms with Crippen molar-refractivity contribution in [2.24, 2.45) is 5.92 Å². The molecule has 0 N–H and O–H groups in total. The van der Waals surface area contributed by atoms with Crippen molar-refractivity contribution in [3.05, 3.63) is 72.3 Å². The van der Waals surface area contributed by atoms with Crippen molar-refractivity contribution in [2.45, 2.75) is 58.0 Å². The molecular weight excluding hydrogens is 316 g/mol. The lowest BCUT2D eigenvalue weighted by Gasteiger charge is -2.28. The summed E-state index contributed by atoms with van der Waals surface area (Å²) in [5, 5.41) is 0. The molecule has 138 valence electrons. The molecule has 0 aliphatic heterocycles. The molecular formula is C25H32O. The van der Waals surface area contributed by atoms with Crippen LogP contribution in [0.25, 0.3) is 11.1 Å². The predicted octanol–water partition coefficient (Wildman–Crippen LogP) is 7.13. The third-order valence-electron chi connectivity index (χ3n) is 5.72. The van der Waals surface area contributed by atoms with Gasteiger partial charge in [-0.1, -0.05) is 74.4 Å². The van der Waals surface area contributed by atoms with Gasteiger partial charge in [-0.15, -0.1) is 6.58 Å². The largest absolute Gasteiger partial charge is 0.373 e. The molecule has 0 heterocycles. The van der Waals surface area contributed by atoms with Gasteiger partial charge in [0.15, 0.2) is 0 Å². The first kappa shape index (κ1) is 18.9. The Hall–Kier alpha value is -1.86. The highest BCUT2D eigenvalue weighted by molar-refractivity contribution is 5.64. The quantitative estimate of drug-likeness (QED) is 0.364. The van der Waals surface area contributed by atoms with Gasteiger partial charge in [0.25, 0.3) is 0 Å². The van der Waals surface area contributed by atoms with Crippen molar-refractivity contribution in [3.63, 3.8) is 0 Å². The molecule has 0 spiro atoms. The van der Waals surface area contributed by atoms with E-state index in [9.17, 15) is 0 Å². The molecule has 3 rings (SSSR count). The summed E-state index contributed by atoms with van der Waals surface area (Å²) in [6.07, 6.45) is 10.1. The maximum absolute atomic E-state index is 5.50. The topological polar surface area (TPSA) is 9.23 Å². The minimum atomic E-state index is 0.601. The van der Waals surface area contributed by atoms with E-state index in [1.54, 1.807) is 6.08 Å². The highest BCUT2D eigenvalue weighted by Crippen LogP contribution is 2.38. The van der Waals surface area contributed by atoms with Crippen LogP contribution in [0.4, 0.5) is 0 Å². The zero-order chi connectivity index (χ0) is 18.2. The van der Waals surface area contributed by atoms with E-state index < -0.39 is 0 Å². The number of hydrogen-bond acceptors (Lipinski definition) is 1. The Balaban J connectivity index is 1.58. The summed E-state index contributed by atoms with van der Waals surface area (Å²) in [6.45, 7) is 7.23. The van der Waals surface area contributed by atoms with Crippen LogP contribution in [-0.4, -0.2) is 6.61 Å². The molecule has 26 heavy (non-hydrogen) atoms. The Kier molecular flexibility index (Phi) is 7.08.